The Labute approximate surface area is 168 Å². The van der Waals surface area contributed by atoms with Gasteiger partial charge in [0.15, 0.2) is 11.5 Å². The second-order valence-corrected chi connectivity index (χ2v) is 10.1. The van der Waals surface area contributed by atoms with Gasteiger partial charge in [-0.15, -0.1) is 0 Å². The molecule has 0 N–H and O–H groups in total. The molecule has 0 spiro atoms. The molecule has 154 valence electrons. The fourth-order valence-electron chi connectivity index (χ4n) is 7.41. The van der Waals surface area contributed by atoms with Crippen molar-refractivity contribution in [2.45, 2.75) is 85.5 Å². The molecule has 0 aromatic rings. The third-order valence-corrected chi connectivity index (χ3v) is 8.94. The fourth-order valence-corrected chi connectivity index (χ4v) is 7.41. The Bertz CT molecular complexity index is 750. The average Bonchev–Trinajstić information content (AvgIpc) is 2.94. The Morgan fingerprint density at radius 2 is 1.82 bits per heavy atom. The summed E-state index contributed by atoms with van der Waals surface area (Å²) >= 11 is 0. The first kappa shape index (κ1) is 19.8. The maximum atomic E-state index is 12.9. The third kappa shape index (κ3) is 2.66. The van der Waals surface area contributed by atoms with Gasteiger partial charge in [-0.05, 0) is 66.8 Å². The van der Waals surface area contributed by atoms with Crippen molar-refractivity contribution in [3.8, 4) is 0 Å². The molecule has 0 unspecified atom stereocenters. The molecule has 4 heteroatoms. The van der Waals surface area contributed by atoms with Gasteiger partial charge < -0.3 is 4.74 Å². The predicted molar refractivity (Wildman–Crippen MR) is 106 cm³/mol. The number of rotatable bonds is 3. The molecular formula is C24H34O4. The van der Waals surface area contributed by atoms with Crippen LogP contribution < -0.4 is 0 Å². The maximum absolute atomic E-state index is 12.9. The van der Waals surface area contributed by atoms with Crippen molar-refractivity contribution < 1.29 is 19.1 Å². The Balaban J connectivity index is 1.72. The molecule has 4 aliphatic carbocycles. The highest BCUT2D eigenvalue weighted by Gasteiger charge is 2.62. The van der Waals surface area contributed by atoms with Gasteiger partial charge in [-0.1, -0.05) is 34.1 Å². The number of ketones is 2. The highest BCUT2D eigenvalue weighted by Crippen LogP contribution is 2.66. The largest absolute Gasteiger partial charge is 0.423 e. The normalized spacial score (nSPS) is 42.7. The molecule has 4 nitrogen and oxygen atoms in total. The van der Waals surface area contributed by atoms with Gasteiger partial charge in [-0.25, -0.2) is 0 Å². The Hall–Kier alpha value is -1.45. The van der Waals surface area contributed by atoms with Crippen molar-refractivity contribution in [3.63, 3.8) is 0 Å². The van der Waals surface area contributed by atoms with E-state index in [9.17, 15) is 14.4 Å². The average molecular weight is 387 g/mol. The van der Waals surface area contributed by atoms with Crippen LogP contribution in [0, 0.1) is 34.5 Å². The summed E-state index contributed by atoms with van der Waals surface area (Å²) in [5, 5.41) is 0. The van der Waals surface area contributed by atoms with Crippen molar-refractivity contribution in [1.29, 1.82) is 0 Å². The van der Waals surface area contributed by atoms with Crippen LogP contribution in [0.15, 0.2) is 11.3 Å². The number of hydrogen-bond donors (Lipinski definition) is 0. The van der Waals surface area contributed by atoms with Crippen LogP contribution in [-0.4, -0.2) is 17.5 Å². The molecular weight excluding hydrogens is 352 g/mol. The number of Topliss-reactive ketones (excluding diaryl/α,β-unsaturated/α-hetero) is 2. The van der Waals surface area contributed by atoms with E-state index in [1.165, 1.54) is 0 Å². The number of allylic oxidation sites excluding steroid dienone is 1. The van der Waals surface area contributed by atoms with Crippen LogP contribution in [0.1, 0.15) is 85.5 Å². The highest BCUT2D eigenvalue weighted by molar-refractivity contribution is 5.97. The summed E-state index contributed by atoms with van der Waals surface area (Å²) in [6, 6.07) is 0. The van der Waals surface area contributed by atoms with Crippen LogP contribution in [0.2, 0.25) is 0 Å². The van der Waals surface area contributed by atoms with E-state index in [4.69, 9.17) is 4.74 Å². The van der Waals surface area contributed by atoms with E-state index in [2.05, 4.69) is 20.8 Å². The van der Waals surface area contributed by atoms with Crippen molar-refractivity contribution in [2.75, 3.05) is 0 Å². The SMILES string of the molecule is CCC(=O)OC1=C2CC[C@H]3[C@@H]4[C@@H](CC)CC(=O)[C@@]4(C)CC[C@@H]3[C@@]2(C)CCC1=O. The molecule has 0 bridgehead atoms. The van der Waals surface area contributed by atoms with Gasteiger partial charge in [0, 0.05) is 24.7 Å². The minimum absolute atomic E-state index is 0.00384. The number of carbonyl (C=O) groups excluding carboxylic acids is 3. The van der Waals surface area contributed by atoms with E-state index < -0.39 is 0 Å². The first-order chi connectivity index (χ1) is 13.3. The molecule has 3 fully saturated rings. The molecule has 0 heterocycles. The van der Waals surface area contributed by atoms with E-state index >= 15 is 0 Å². The molecule has 0 aromatic carbocycles. The zero-order valence-corrected chi connectivity index (χ0v) is 17.8. The van der Waals surface area contributed by atoms with E-state index in [0.717, 1.165) is 50.5 Å². The van der Waals surface area contributed by atoms with Crippen molar-refractivity contribution in [1.82, 2.24) is 0 Å². The summed E-state index contributed by atoms with van der Waals surface area (Å²) < 4.78 is 5.57. The predicted octanol–water partition coefficient (Wildman–Crippen LogP) is 5.00. The van der Waals surface area contributed by atoms with Crippen LogP contribution in [0.25, 0.3) is 0 Å². The third-order valence-electron chi connectivity index (χ3n) is 8.94. The smallest absolute Gasteiger partial charge is 0.311 e. The first-order valence-electron chi connectivity index (χ1n) is 11.3. The summed E-state index contributed by atoms with van der Waals surface area (Å²) in [6.07, 6.45) is 7.28. The van der Waals surface area contributed by atoms with Crippen LogP contribution in [0.3, 0.4) is 0 Å². The monoisotopic (exact) mass is 386 g/mol. The number of ether oxygens (including phenoxy) is 1. The second-order valence-electron chi connectivity index (χ2n) is 10.1. The maximum Gasteiger partial charge on any atom is 0.311 e. The van der Waals surface area contributed by atoms with Gasteiger partial charge in [-0.3, -0.25) is 14.4 Å². The minimum atomic E-state index is -0.314. The zero-order valence-electron chi connectivity index (χ0n) is 17.8. The summed E-state index contributed by atoms with van der Waals surface area (Å²) in [6.45, 7) is 8.51. The topological polar surface area (TPSA) is 60.4 Å². The van der Waals surface area contributed by atoms with Crippen molar-refractivity contribution >= 4 is 17.5 Å². The zero-order chi connectivity index (χ0) is 20.3. The van der Waals surface area contributed by atoms with E-state index in [1.54, 1.807) is 6.92 Å². The number of esters is 1. The second kappa shape index (κ2) is 6.81. The van der Waals surface area contributed by atoms with E-state index in [-0.39, 0.29) is 29.0 Å². The molecule has 0 aliphatic heterocycles. The molecule has 0 saturated heterocycles. The summed E-state index contributed by atoms with van der Waals surface area (Å²) in [4.78, 5) is 37.4. The first-order valence-corrected chi connectivity index (χ1v) is 11.3. The molecule has 3 saturated carbocycles. The standard InChI is InChI=1S/C24H34O4/c1-5-14-13-19(26)24(4)11-9-16-15(21(14)24)7-8-17-22(28-20(27)6-2)18(25)10-12-23(16,17)3/h14-16,21H,5-13H2,1-4H3/t14-,15+,16-,21-,23+,24+/m0/s1. The molecule has 0 aromatic heterocycles. The Morgan fingerprint density at radius 3 is 2.50 bits per heavy atom. The molecule has 4 rings (SSSR count). The van der Waals surface area contributed by atoms with Crippen LogP contribution in [-0.2, 0) is 19.1 Å². The molecule has 0 radical (unpaired) electrons. The van der Waals surface area contributed by atoms with Gasteiger partial charge in [0.2, 0.25) is 0 Å². The lowest BCUT2D eigenvalue weighted by Gasteiger charge is -2.57. The van der Waals surface area contributed by atoms with Gasteiger partial charge in [-0.2, -0.15) is 0 Å². The van der Waals surface area contributed by atoms with Crippen molar-refractivity contribution in [2.24, 2.45) is 34.5 Å². The Kier molecular flexibility index (Phi) is 4.83. The lowest BCUT2D eigenvalue weighted by Crippen LogP contribution is -2.52. The van der Waals surface area contributed by atoms with Gasteiger partial charge in [0.1, 0.15) is 5.78 Å². The lowest BCUT2D eigenvalue weighted by molar-refractivity contribution is -0.144. The van der Waals surface area contributed by atoms with Gasteiger partial charge in [0.05, 0.1) is 0 Å². The number of hydrogen-bond acceptors (Lipinski definition) is 4. The summed E-state index contributed by atoms with van der Waals surface area (Å²) in [5.74, 6) is 2.52. The summed E-state index contributed by atoms with van der Waals surface area (Å²) in [5.41, 5.74) is 0.861. The minimum Gasteiger partial charge on any atom is -0.423 e. The van der Waals surface area contributed by atoms with Crippen LogP contribution >= 0.6 is 0 Å². The fraction of sp³-hybridized carbons (Fsp3) is 0.792. The van der Waals surface area contributed by atoms with E-state index in [1.807, 2.05) is 0 Å². The van der Waals surface area contributed by atoms with Gasteiger partial charge in [0.25, 0.3) is 0 Å². The van der Waals surface area contributed by atoms with Gasteiger partial charge >= 0.3 is 5.97 Å². The quantitative estimate of drug-likeness (QED) is 0.640. The summed E-state index contributed by atoms with van der Waals surface area (Å²) in [7, 11) is 0. The number of carbonyl (C=O) groups is 3. The molecule has 4 aliphatic rings. The lowest BCUT2D eigenvalue weighted by atomic mass is 9.46. The highest BCUT2D eigenvalue weighted by atomic mass is 16.5. The molecule has 0 amide bonds. The van der Waals surface area contributed by atoms with E-state index in [0.29, 0.717) is 41.6 Å². The van der Waals surface area contributed by atoms with Crippen LogP contribution in [0.4, 0.5) is 0 Å². The number of fused-ring (bicyclic) bond motifs is 5. The van der Waals surface area contributed by atoms with Crippen LogP contribution in [0.5, 0.6) is 0 Å². The van der Waals surface area contributed by atoms with Crippen molar-refractivity contribution in [3.05, 3.63) is 11.3 Å². The molecule has 28 heavy (non-hydrogen) atoms. The Morgan fingerprint density at radius 1 is 1.07 bits per heavy atom. The molecule has 6 atom stereocenters.